The van der Waals surface area contributed by atoms with E-state index in [1.165, 1.54) is 0 Å². The van der Waals surface area contributed by atoms with Gasteiger partial charge in [-0.15, -0.1) is 0 Å². The van der Waals surface area contributed by atoms with Gasteiger partial charge in [-0.1, -0.05) is 0 Å². The van der Waals surface area contributed by atoms with Crippen LogP contribution < -0.4 is 0 Å². The van der Waals surface area contributed by atoms with Crippen molar-refractivity contribution in [3.8, 4) is 0 Å². The minimum absolute atomic E-state index is 0. The molecule has 0 rings (SSSR count). The molecule has 0 aromatic carbocycles. The molecular formula is H16CrO11S. The molecule has 0 saturated carbocycles. The van der Waals surface area contributed by atoms with Crippen molar-refractivity contribution in [2.24, 2.45) is 0 Å². The average Bonchev–Trinajstić information content (AvgIpc) is 0.722. The van der Waals surface area contributed by atoms with E-state index < -0.39 is 10.4 Å². The molecule has 0 aliphatic heterocycles. The van der Waals surface area contributed by atoms with Crippen LogP contribution in [0.1, 0.15) is 0 Å². The number of rotatable bonds is 0. The maximum absolute atomic E-state index is 8.74. The van der Waals surface area contributed by atoms with Gasteiger partial charge in [-0.25, -0.2) is 0 Å². The molecule has 13 heteroatoms. The molecule has 0 amide bonds. The summed E-state index contributed by atoms with van der Waals surface area (Å²) in [5, 5.41) is 0. The molecule has 94 valence electrons. The molecule has 13 heavy (non-hydrogen) atoms. The smallest absolute Gasteiger partial charge is 0.394 e. The van der Waals surface area contributed by atoms with E-state index in [1.807, 2.05) is 0 Å². The van der Waals surface area contributed by atoms with Crippen LogP contribution in [0.2, 0.25) is 0 Å². The Hall–Kier alpha value is 0.122. The Morgan fingerprint density at radius 1 is 0.615 bits per heavy atom. The molecule has 0 aromatic heterocycles. The van der Waals surface area contributed by atoms with Crippen molar-refractivity contribution >= 4 is 10.4 Å². The first-order valence-corrected chi connectivity index (χ1v) is 2.10. The van der Waals surface area contributed by atoms with Gasteiger partial charge in [0.1, 0.15) is 0 Å². The second-order valence-electron chi connectivity index (χ2n) is 0.448. The SMILES string of the molecule is O.O.O.O.O.O.O.O=S(=O)(O)O.[Cr]. The largest absolute Gasteiger partial charge is 0.412 e. The van der Waals surface area contributed by atoms with Gasteiger partial charge in [-0.3, -0.25) is 9.11 Å². The molecule has 0 bridgehead atoms. The normalized spacial score (nSPS) is 4.46. The maximum atomic E-state index is 8.74. The quantitative estimate of drug-likeness (QED) is 0.407. The Morgan fingerprint density at radius 2 is 0.615 bits per heavy atom. The van der Waals surface area contributed by atoms with Gasteiger partial charge in [0, 0.05) is 17.4 Å². The third kappa shape index (κ3) is 82800. The fourth-order valence-electron chi connectivity index (χ4n) is 0. The number of hydrogen-bond donors (Lipinski definition) is 2. The second kappa shape index (κ2) is 40.0. The van der Waals surface area contributed by atoms with E-state index >= 15 is 0 Å². The Kier molecular flexibility index (Phi) is 349. The predicted octanol–water partition coefficient (Wildman–Crippen LogP) is -6.43. The molecule has 0 aliphatic carbocycles. The molecule has 0 saturated heterocycles. The topological polar surface area (TPSA) is 295 Å². The predicted molar refractivity (Wildman–Crippen MR) is 39.5 cm³/mol. The van der Waals surface area contributed by atoms with Crippen LogP contribution in [0.5, 0.6) is 0 Å². The number of hydrogen-bond acceptors (Lipinski definition) is 2. The van der Waals surface area contributed by atoms with Crippen LogP contribution in [0.15, 0.2) is 0 Å². The molecule has 0 aliphatic rings. The maximum Gasteiger partial charge on any atom is 0.394 e. The summed E-state index contributed by atoms with van der Waals surface area (Å²) in [6.45, 7) is 0. The zero-order valence-electron chi connectivity index (χ0n) is 6.03. The molecule has 0 aromatic rings. The van der Waals surface area contributed by atoms with Gasteiger partial charge in [-0.05, 0) is 0 Å². The Morgan fingerprint density at radius 3 is 0.615 bits per heavy atom. The van der Waals surface area contributed by atoms with Gasteiger partial charge in [0.2, 0.25) is 0 Å². The van der Waals surface area contributed by atoms with E-state index in [0.717, 1.165) is 0 Å². The third-order valence-electron chi connectivity index (χ3n) is 0. The first-order chi connectivity index (χ1) is 2.00. The zero-order valence-corrected chi connectivity index (χ0v) is 8.12. The first kappa shape index (κ1) is 113. The van der Waals surface area contributed by atoms with Crippen molar-refractivity contribution in [3.63, 3.8) is 0 Å². The standard InChI is InChI=1S/Cr.H2O4S.7H2O/c;1-5(2,3)4;;;;;;;/h;(H2,1,2,3,4);7*1H2. The van der Waals surface area contributed by atoms with Crippen LogP contribution in [0.3, 0.4) is 0 Å². The molecule has 11 nitrogen and oxygen atoms in total. The van der Waals surface area contributed by atoms with E-state index in [0.29, 0.717) is 0 Å². The van der Waals surface area contributed by atoms with Gasteiger partial charge < -0.3 is 38.3 Å². The Balaban J connectivity index is -0.00000000286. The minimum atomic E-state index is -4.67. The minimum Gasteiger partial charge on any atom is -0.412 e. The van der Waals surface area contributed by atoms with E-state index in [2.05, 4.69) is 0 Å². The Bertz CT molecular complexity index is 93.3. The van der Waals surface area contributed by atoms with Crippen LogP contribution >= 0.6 is 0 Å². The second-order valence-corrected chi connectivity index (χ2v) is 1.34. The van der Waals surface area contributed by atoms with Gasteiger partial charge in [0.25, 0.3) is 0 Å². The third-order valence-corrected chi connectivity index (χ3v) is 0. The van der Waals surface area contributed by atoms with Gasteiger partial charge in [0.15, 0.2) is 0 Å². The molecular weight excluding hydrogens is 260 g/mol. The van der Waals surface area contributed by atoms with Crippen LogP contribution in [0.25, 0.3) is 0 Å². The molecule has 0 unspecified atom stereocenters. The monoisotopic (exact) mass is 276 g/mol. The summed E-state index contributed by atoms with van der Waals surface area (Å²) in [5.74, 6) is 0. The molecule has 0 heterocycles. The summed E-state index contributed by atoms with van der Waals surface area (Å²) >= 11 is 0. The molecule has 0 fully saturated rings. The van der Waals surface area contributed by atoms with Crippen molar-refractivity contribution in [2.45, 2.75) is 0 Å². The molecule has 0 atom stereocenters. The molecule has 0 spiro atoms. The summed E-state index contributed by atoms with van der Waals surface area (Å²) in [5.41, 5.74) is 0. The Labute approximate surface area is 84.2 Å². The van der Waals surface area contributed by atoms with Crippen molar-refractivity contribution in [2.75, 3.05) is 0 Å². The zero-order chi connectivity index (χ0) is 4.50. The van der Waals surface area contributed by atoms with E-state index in [1.54, 1.807) is 0 Å². The summed E-state index contributed by atoms with van der Waals surface area (Å²) in [7, 11) is -4.67. The molecule has 0 radical (unpaired) electrons. The van der Waals surface area contributed by atoms with Crippen LogP contribution in [0.4, 0.5) is 0 Å². The van der Waals surface area contributed by atoms with Crippen LogP contribution in [0, 0.1) is 0 Å². The summed E-state index contributed by atoms with van der Waals surface area (Å²) in [4.78, 5) is 0. The van der Waals surface area contributed by atoms with Crippen molar-refractivity contribution < 1.29 is 73.2 Å². The van der Waals surface area contributed by atoms with Gasteiger partial charge in [-0.2, -0.15) is 8.42 Å². The van der Waals surface area contributed by atoms with Crippen molar-refractivity contribution in [3.05, 3.63) is 0 Å². The van der Waals surface area contributed by atoms with Crippen molar-refractivity contribution in [1.29, 1.82) is 0 Å². The fraction of sp³-hybridized carbons (Fsp3) is 0. The van der Waals surface area contributed by atoms with E-state index in [4.69, 9.17) is 17.5 Å². The average molecular weight is 276 g/mol. The van der Waals surface area contributed by atoms with Crippen LogP contribution in [-0.2, 0) is 27.8 Å². The molecule has 16 N–H and O–H groups in total. The fourth-order valence-corrected chi connectivity index (χ4v) is 0. The summed E-state index contributed by atoms with van der Waals surface area (Å²) in [6, 6.07) is 0. The summed E-state index contributed by atoms with van der Waals surface area (Å²) in [6.07, 6.45) is 0. The van der Waals surface area contributed by atoms with Gasteiger partial charge >= 0.3 is 10.4 Å². The van der Waals surface area contributed by atoms with Gasteiger partial charge in [0.05, 0.1) is 0 Å². The van der Waals surface area contributed by atoms with E-state index in [-0.39, 0.29) is 55.7 Å². The van der Waals surface area contributed by atoms with E-state index in [9.17, 15) is 0 Å². The van der Waals surface area contributed by atoms with Crippen LogP contribution in [-0.4, -0.2) is 55.9 Å². The first-order valence-electron chi connectivity index (χ1n) is 0.698. The van der Waals surface area contributed by atoms with Crippen molar-refractivity contribution in [1.82, 2.24) is 0 Å². The summed E-state index contributed by atoms with van der Waals surface area (Å²) < 4.78 is 31.6.